The molecule has 0 radical (unpaired) electrons. The third-order valence-corrected chi connectivity index (χ3v) is 7.40. The van der Waals surface area contributed by atoms with Crippen molar-refractivity contribution in [1.82, 2.24) is 14.4 Å². The second-order valence-corrected chi connectivity index (χ2v) is 10.4. The van der Waals surface area contributed by atoms with E-state index in [9.17, 15) is 9.59 Å². The third kappa shape index (κ3) is 6.41. The Morgan fingerprint density at radius 2 is 1.31 bits per heavy atom. The quantitative estimate of drug-likeness (QED) is 0.403. The van der Waals surface area contributed by atoms with Crippen LogP contribution in [-0.2, 0) is 11.8 Å². The highest BCUT2D eigenvalue weighted by Crippen LogP contribution is 2.29. The fourth-order valence-electron chi connectivity index (χ4n) is 5.05. The van der Waals surface area contributed by atoms with Crippen LogP contribution in [0.4, 0.5) is 22.7 Å². The number of allylic oxidation sites excluding steroid dienone is 3. The highest BCUT2D eigenvalue weighted by Gasteiger charge is 2.25. The lowest BCUT2D eigenvalue weighted by molar-refractivity contribution is -0.113. The molecule has 0 spiro atoms. The first kappa shape index (κ1) is 26.3. The van der Waals surface area contributed by atoms with Gasteiger partial charge in [0.25, 0.3) is 11.8 Å². The van der Waals surface area contributed by atoms with Crippen molar-refractivity contribution in [2.75, 3.05) is 49.2 Å². The maximum absolute atomic E-state index is 12.9. The molecule has 2 amide bonds. The molecule has 2 aromatic carbocycles. The van der Waals surface area contributed by atoms with Gasteiger partial charge in [-0.3, -0.25) is 9.59 Å². The van der Waals surface area contributed by atoms with Gasteiger partial charge in [0.1, 0.15) is 5.69 Å². The Morgan fingerprint density at radius 3 is 1.85 bits per heavy atom. The van der Waals surface area contributed by atoms with Gasteiger partial charge in [-0.2, -0.15) is 0 Å². The lowest BCUT2D eigenvalue weighted by atomic mass is 9.91. The summed E-state index contributed by atoms with van der Waals surface area (Å²) in [5.74, 6) is 0.124. The summed E-state index contributed by atoms with van der Waals surface area (Å²) in [5.41, 5.74) is 6.02. The zero-order chi connectivity index (χ0) is 27.4. The molecule has 1 fully saturated rings. The van der Waals surface area contributed by atoms with Crippen molar-refractivity contribution in [3.63, 3.8) is 0 Å². The molecule has 202 valence electrons. The van der Waals surface area contributed by atoms with Crippen LogP contribution in [0.5, 0.6) is 0 Å². The predicted molar refractivity (Wildman–Crippen MR) is 157 cm³/mol. The summed E-state index contributed by atoms with van der Waals surface area (Å²) in [6, 6.07) is 18.8. The number of hydrogen-bond acceptors (Lipinski definition) is 5. The van der Waals surface area contributed by atoms with Gasteiger partial charge in [0.2, 0.25) is 0 Å². The number of amides is 2. The van der Waals surface area contributed by atoms with Crippen LogP contribution in [0.2, 0.25) is 0 Å². The predicted octanol–water partition coefficient (Wildman–Crippen LogP) is 5.06. The Bertz CT molecular complexity index is 1380. The number of carbonyl (C=O) groups is 2. The van der Waals surface area contributed by atoms with Gasteiger partial charge in [-0.15, -0.1) is 0 Å². The van der Waals surface area contributed by atoms with E-state index >= 15 is 0 Å². The van der Waals surface area contributed by atoms with Crippen molar-refractivity contribution in [2.24, 2.45) is 13.0 Å². The number of carbonyl (C=O) groups excluding carboxylic acids is 2. The van der Waals surface area contributed by atoms with Crippen LogP contribution in [0, 0.1) is 5.92 Å². The van der Waals surface area contributed by atoms with E-state index in [2.05, 4.69) is 45.8 Å². The second kappa shape index (κ2) is 11.6. The SMILES string of the molecule is CC1CC(C(=O)Nc2ccc(Nc3ccc(NC(=O)c4cccn4C)cc3)cc2)=CC=C1N1CCN(C)CC1. The van der Waals surface area contributed by atoms with E-state index in [1.165, 1.54) is 5.70 Å². The molecule has 0 bridgehead atoms. The molecule has 1 aliphatic carbocycles. The fourth-order valence-corrected chi connectivity index (χ4v) is 5.05. The van der Waals surface area contributed by atoms with Crippen molar-refractivity contribution in [2.45, 2.75) is 13.3 Å². The Hall–Kier alpha value is -4.30. The van der Waals surface area contributed by atoms with Crippen LogP contribution in [-0.4, -0.2) is 59.4 Å². The van der Waals surface area contributed by atoms with E-state index in [1.54, 1.807) is 10.6 Å². The highest BCUT2D eigenvalue weighted by atomic mass is 16.2. The van der Waals surface area contributed by atoms with Gasteiger partial charge in [0.15, 0.2) is 0 Å². The summed E-state index contributed by atoms with van der Waals surface area (Å²) in [6.07, 6.45) is 6.68. The standard InChI is InChI=1S/C31H36N6O2/c1-22-21-23(6-15-28(22)37-19-17-35(2)18-20-37)30(38)33-26-11-7-24(8-12-26)32-25-9-13-27(14-10-25)34-31(39)29-5-4-16-36(29)3/h4-16,22,32H,17-21H2,1-3H3,(H,33,38)(H,34,39). The average molecular weight is 525 g/mol. The summed E-state index contributed by atoms with van der Waals surface area (Å²) >= 11 is 0. The minimum atomic E-state index is -0.147. The smallest absolute Gasteiger partial charge is 0.272 e. The topological polar surface area (TPSA) is 81.6 Å². The fraction of sp³-hybridized carbons (Fsp3) is 0.290. The minimum absolute atomic E-state index is 0.0517. The zero-order valence-electron chi connectivity index (χ0n) is 22.8. The van der Waals surface area contributed by atoms with Crippen LogP contribution in [0.1, 0.15) is 23.8 Å². The number of nitrogens with one attached hydrogen (secondary N) is 3. The summed E-state index contributed by atoms with van der Waals surface area (Å²) in [6.45, 7) is 6.43. The number of piperazine rings is 1. The molecule has 1 saturated heterocycles. The van der Waals surface area contributed by atoms with Crippen LogP contribution in [0.15, 0.2) is 90.3 Å². The lowest BCUT2D eigenvalue weighted by Gasteiger charge is -2.38. The van der Waals surface area contributed by atoms with Gasteiger partial charge in [0.05, 0.1) is 0 Å². The molecule has 8 heteroatoms. The molecule has 1 aromatic heterocycles. The van der Waals surface area contributed by atoms with E-state index in [1.807, 2.05) is 73.9 Å². The first-order valence-corrected chi connectivity index (χ1v) is 13.4. The van der Waals surface area contributed by atoms with Gasteiger partial charge in [-0.25, -0.2) is 0 Å². The minimum Gasteiger partial charge on any atom is -0.372 e. The summed E-state index contributed by atoms with van der Waals surface area (Å²) < 4.78 is 1.78. The Morgan fingerprint density at radius 1 is 0.744 bits per heavy atom. The number of aromatic nitrogens is 1. The number of aryl methyl sites for hydroxylation is 1. The monoisotopic (exact) mass is 524 g/mol. The van der Waals surface area contributed by atoms with Gasteiger partial charge < -0.3 is 30.3 Å². The normalized spacial score (nSPS) is 17.7. The van der Waals surface area contributed by atoms with Crippen molar-refractivity contribution in [3.05, 3.63) is 96.0 Å². The molecule has 1 aliphatic heterocycles. The van der Waals surface area contributed by atoms with Crippen molar-refractivity contribution in [1.29, 1.82) is 0 Å². The highest BCUT2D eigenvalue weighted by molar-refractivity contribution is 6.04. The lowest BCUT2D eigenvalue weighted by Crippen LogP contribution is -2.45. The number of anilines is 4. The number of rotatable bonds is 7. The molecule has 1 atom stereocenters. The largest absolute Gasteiger partial charge is 0.372 e. The maximum Gasteiger partial charge on any atom is 0.272 e. The number of benzene rings is 2. The molecule has 5 rings (SSSR count). The van der Waals surface area contributed by atoms with E-state index in [4.69, 9.17) is 0 Å². The van der Waals surface area contributed by atoms with Gasteiger partial charge >= 0.3 is 0 Å². The first-order chi connectivity index (χ1) is 18.9. The molecule has 2 heterocycles. The van der Waals surface area contributed by atoms with Gasteiger partial charge in [-0.05, 0) is 80.2 Å². The second-order valence-electron chi connectivity index (χ2n) is 10.4. The molecule has 39 heavy (non-hydrogen) atoms. The molecule has 0 saturated carbocycles. The van der Waals surface area contributed by atoms with E-state index in [0.717, 1.165) is 60.9 Å². The van der Waals surface area contributed by atoms with Crippen LogP contribution < -0.4 is 16.0 Å². The Labute approximate surface area is 230 Å². The Balaban J connectivity index is 1.14. The van der Waals surface area contributed by atoms with Crippen molar-refractivity contribution >= 4 is 34.6 Å². The molecular formula is C31H36N6O2. The Kier molecular flexibility index (Phi) is 7.84. The average Bonchev–Trinajstić information content (AvgIpc) is 3.37. The van der Waals surface area contributed by atoms with Crippen LogP contribution >= 0.6 is 0 Å². The van der Waals surface area contributed by atoms with Gasteiger partial charge in [-0.1, -0.05) is 13.0 Å². The number of hydrogen-bond donors (Lipinski definition) is 3. The van der Waals surface area contributed by atoms with E-state index in [-0.39, 0.29) is 11.8 Å². The van der Waals surface area contributed by atoms with Gasteiger partial charge in [0, 0.05) is 79.4 Å². The number of likely N-dealkylation sites (N-methyl/N-ethyl adjacent to an activating group) is 1. The van der Waals surface area contributed by atoms with E-state index in [0.29, 0.717) is 11.6 Å². The summed E-state index contributed by atoms with van der Waals surface area (Å²) in [7, 11) is 4.00. The molecule has 2 aliphatic rings. The van der Waals surface area contributed by atoms with Crippen LogP contribution in [0.25, 0.3) is 0 Å². The first-order valence-electron chi connectivity index (χ1n) is 13.4. The molecule has 1 unspecified atom stereocenters. The maximum atomic E-state index is 12.9. The summed E-state index contributed by atoms with van der Waals surface area (Å²) in [5, 5.41) is 9.30. The van der Waals surface area contributed by atoms with E-state index < -0.39 is 0 Å². The molecule has 3 N–H and O–H groups in total. The zero-order valence-corrected chi connectivity index (χ0v) is 22.8. The number of nitrogens with zero attached hydrogens (tertiary/aromatic N) is 3. The van der Waals surface area contributed by atoms with Crippen molar-refractivity contribution in [3.8, 4) is 0 Å². The summed E-state index contributed by atoms with van der Waals surface area (Å²) in [4.78, 5) is 30.1. The van der Waals surface area contributed by atoms with Crippen LogP contribution in [0.3, 0.4) is 0 Å². The van der Waals surface area contributed by atoms with Crippen molar-refractivity contribution < 1.29 is 9.59 Å². The third-order valence-electron chi connectivity index (χ3n) is 7.40. The molecular weight excluding hydrogens is 488 g/mol. The molecule has 8 nitrogen and oxygen atoms in total. The molecule has 3 aromatic rings.